The molecule has 0 aliphatic heterocycles. The number of halogens is 1. The monoisotopic (exact) mass is 269 g/mol. The molecule has 1 aromatic carbocycles. The van der Waals surface area contributed by atoms with Crippen LogP contribution in [0, 0.1) is 20.8 Å². The number of Topliss-reactive ketones (excluding diaryl/α,β-unsaturated/α-hetero) is 1. The highest BCUT2D eigenvalue weighted by molar-refractivity contribution is 6.33. The van der Waals surface area contributed by atoms with E-state index < -0.39 is 0 Å². The van der Waals surface area contributed by atoms with Gasteiger partial charge in [0.15, 0.2) is 5.78 Å². The molecule has 0 fully saturated rings. The Morgan fingerprint density at radius 1 is 1.22 bits per heavy atom. The zero-order valence-corrected chi connectivity index (χ0v) is 12.4. The van der Waals surface area contributed by atoms with E-state index in [1.54, 1.807) is 7.11 Å². The Balaban J connectivity index is 3.37. The van der Waals surface area contributed by atoms with E-state index >= 15 is 0 Å². The summed E-state index contributed by atoms with van der Waals surface area (Å²) in [6.07, 6.45) is 0. The molecule has 0 bridgehead atoms. The summed E-state index contributed by atoms with van der Waals surface area (Å²) in [7, 11) is 1.58. The highest BCUT2D eigenvalue weighted by Gasteiger charge is 2.21. The molecule has 0 saturated heterocycles. The minimum Gasteiger partial charge on any atom is -0.496 e. The molecule has 0 aliphatic carbocycles. The number of hydrogen-bond donors (Lipinski definition) is 1. The first-order chi connectivity index (χ1) is 8.45. The van der Waals surface area contributed by atoms with Crippen LogP contribution in [0.3, 0.4) is 0 Å². The van der Waals surface area contributed by atoms with E-state index in [9.17, 15) is 4.79 Å². The molecule has 0 radical (unpaired) electrons. The fourth-order valence-electron chi connectivity index (χ4n) is 2.00. The predicted octanol–water partition coefficient (Wildman–Crippen LogP) is 3.07. The third-order valence-electron chi connectivity index (χ3n) is 3.18. The Morgan fingerprint density at radius 3 is 2.33 bits per heavy atom. The van der Waals surface area contributed by atoms with Crippen molar-refractivity contribution in [2.45, 2.75) is 27.7 Å². The van der Waals surface area contributed by atoms with E-state index in [1.807, 2.05) is 27.7 Å². The van der Waals surface area contributed by atoms with Gasteiger partial charge in [-0.15, -0.1) is 0 Å². The van der Waals surface area contributed by atoms with Crippen LogP contribution in [0.4, 0.5) is 0 Å². The Morgan fingerprint density at radius 2 is 1.83 bits per heavy atom. The predicted molar refractivity (Wildman–Crippen MR) is 75.1 cm³/mol. The van der Waals surface area contributed by atoms with Gasteiger partial charge in [-0.3, -0.25) is 4.79 Å². The van der Waals surface area contributed by atoms with Crippen molar-refractivity contribution in [2.24, 2.45) is 0 Å². The second-order valence-electron chi connectivity index (χ2n) is 4.30. The number of nitrogens with one attached hydrogen (secondary N) is 1. The topological polar surface area (TPSA) is 38.3 Å². The van der Waals surface area contributed by atoms with Crippen LogP contribution < -0.4 is 10.1 Å². The lowest BCUT2D eigenvalue weighted by Gasteiger charge is -2.17. The molecule has 100 valence electrons. The van der Waals surface area contributed by atoms with Crippen LogP contribution in [0.25, 0.3) is 0 Å². The van der Waals surface area contributed by atoms with Gasteiger partial charge in [-0.05, 0) is 44.0 Å². The SMILES string of the molecule is CCNCC(=O)c1c(C)c(Cl)c(C)c(C)c1OC. The Kier molecular flexibility index (Phi) is 5.17. The third kappa shape index (κ3) is 2.68. The molecule has 0 saturated carbocycles. The lowest BCUT2D eigenvalue weighted by atomic mass is 9.96. The molecule has 0 unspecified atom stereocenters. The van der Waals surface area contributed by atoms with Crippen LogP contribution in [-0.4, -0.2) is 26.0 Å². The van der Waals surface area contributed by atoms with Crippen molar-refractivity contribution in [3.05, 3.63) is 27.3 Å². The van der Waals surface area contributed by atoms with Gasteiger partial charge >= 0.3 is 0 Å². The van der Waals surface area contributed by atoms with Gasteiger partial charge in [0.1, 0.15) is 5.75 Å². The number of carbonyl (C=O) groups excluding carboxylic acids is 1. The van der Waals surface area contributed by atoms with Gasteiger partial charge in [0.2, 0.25) is 0 Å². The number of ether oxygens (including phenoxy) is 1. The number of hydrogen-bond acceptors (Lipinski definition) is 3. The standard InChI is InChI=1S/C14H20ClNO2/c1-6-16-7-11(17)12-10(4)13(15)8(2)9(3)14(12)18-5/h16H,6-7H2,1-5H3. The van der Waals surface area contributed by atoms with Gasteiger partial charge in [-0.1, -0.05) is 18.5 Å². The van der Waals surface area contributed by atoms with Crippen molar-refractivity contribution < 1.29 is 9.53 Å². The summed E-state index contributed by atoms with van der Waals surface area (Å²) in [5.41, 5.74) is 3.27. The molecule has 0 amide bonds. The van der Waals surface area contributed by atoms with Crippen LogP contribution in [0.15, 0.2) is 0 Å². The average molecular weight is 270 g/mol. The molecular formula is C14H20ClNO2. The minimum absolute atomic E-state index is 0.0104. The molecule has 1 rings (SSSR count). The smallest absolute Gasteiger partial charge is 0.180 e. The molecule has 0 aliphatic rings. The van der Waals surface area contributed by atoms with Gasteiger partial charge in [-0.2, -0.15) is 0 Å². The maximum Gasteiger partial charge on any atom is 0.180 e. The van der Waals surface area contributed by atoms with E-state index in [2.05, 4.69) is 5.32 Å². The zero-order valence-electron chi connectivity index (χ0n) is 11.6. The van der Waals surface area contributed by atoms with E-state index in [0.717, 1.165) is 23.2 Å². The molecule has 1 aromatic rings. The van der Waals surface area contributed by atoms with Crippen molar-refractivity contribution in [2.75, 3.05) is 20.2 Å². The van der Waals surface area contributed by atoms with Crippen LogP contribution in [0.2, 0.25) is 5.02 Å². The Hall–Kier alpha value is -1.06. The van der Waals surface area contributed by atoms with Gasteiger partial charge in [0, 0.05) is 5.02 Å². The van der Waals surface area contributed by atoms with Crippen molar-refractivity contribution in [3.8, 4) is 5.75 Å². The van der Waals surface area contributed by atoms with E-state index in [1.165, 1.54) is 0 Å². The number of ketones is 1. The fourth-order valence-corrected chi connectivity index (χ4v) is 2.24. The summed E-state index contributed by atoms with van der Waals surface area (Å²) >= 11 is 6.27. The molecule has 1 N–H and O–H groups in total. The first-order valence-corrected chi connectivity index (χ1v) is 6.40. The third-order valence-corrected chi connectivity index (χ3v) is 3.75. The molecular weight excluding hydrogens is 250 g/mol. The summed E-state index contributed by atoms with van der Waals surface area (Å²) in [6.45, 7) is 8.73. The van der Waals surface area contributed by atoms with Gasteiger partial charge in [-0.25, -0.2) is 0 Å². The lowest BCUT2D eigenvalue weighted by Crippen LogP contribution is -2.24. The normalized spacial score (nSPS) is 10.6. The summed E-state index contributed by atoms with van der Waals surface area (Å²) in [6, 6.07) is 0. The van der Waals surface area contributed by atoms with Crippen LogP contribution in [0.1, 0.15) is 34.0 Å². The van der Waals surface area contributed by atoms with Crippen molar-refractivity contribution in [1.82, 2.24) is 5.32 Å². The number of rotatable bonds is 5. The van der Waals surface area contributed by atoms with E-state index in [-0.39, 0.29) is 5.78 Å². The largest absolute Gasteiger partial charge is 0.496 e. The van der Waals surface area contributed by atoms with Gasteiger partial charge in [0.25, 0.3) is 0 Å². The van der Waals surface area contributed by atoms with Crippen LogP contribution >= 0.6 is 11.6 Å². The Labute approximate surface area is 113 Å². The average Bonchev–Trinajstić information content (AvgIpc) is 2.37. The van der Waals surface area contributed by atoms with Crippen molar-refractivity contribution in [1.29, 1.82) is 0 Å². The second kappa shape index (κ2) is 6.21. The highest BCUT2D eigenvalue weighted by Crippen LogP contribution is 2.35. The van der Waals surface area contributed by atoms with Gasteiger partial charge < -0.3 is 10.1 Å². The van der Waals surface area contributed by atoms with Gasteiger partial charge in [0.05, 0.1) is 19.2 Å². The van der Waals surface area contributed by atoms with E-state index in [4.69, 9.17) is 16.3 Å². The summed E-state index contributed by atoms with van der Waals surface area (Å²) in [5, 5.41) is 3.68. The molecule has 4 heteroatoms. The van der Waals surface area contributed by atoms with Crippen LogP contribution in [0.5, 0.6) is 5.75 Å². The summed E-state index contributed by atoms with van der Waals surface area (Å²) in [4.78, 5) is 12.2. The number of likely N-dealkylation sites (N-methyl/N-ethyl adjacent to an activating group) is 1. The quantitative estimate of drug-likeness (QED) is 0.835. The highest BCUT2D eigenvalue weighted by atomic mass is 35.5. The molecule has 0 heterocycles. The van der Waals surface area contributed by atoms with Crippen LogP contribution in [-0.2, 0) is 0 Å². The maximum absolute atomic E-state index is 12.2. The zero-order chi connectivity index (χ0) is 13.9. The second-order valence-corrected chi connectivity index (χ2v) is 4.68. The first kappa shape index (κ1) is 15.0. The molecule has 0 aromatic heterocycles. The molecule has 18 heavy (non-hydrogen) atoms. The molecule has 0 atom stereocenters. The molecule has 0 spiro atoms. The number of carbonyl (C=O) groups is 1. The first-order valence-electron chi connectivity index (χ1n) is 6.02. The lowest BCUT2D eigenvalue weighted by molar-refractivity contribution is 0.0988. The summed E-state index contributed by atoms with van der Waals surface area (Å²) in [5.74, 6) is 0.647. The summed E-state index contributed by atoms with van der Waals surface area (Å²) < 4.78 is 5.39. The van der Waals surface area contributed by atoms with Crippen molar-refractivity contribution >= 4 is 17.4 Å². The number of benzene rings is 1. The molecule has 3 nitrogen and oxygen atoms in total. The maximum atomic E-state index is 12.2. The fraction of sp³-hybridized carbons (Fsp3) is 0.500. The Bertz CT molecular complexity index is 470. The van der Waals surface area contributed by atoms with E-state index in [0.29, 0.717) is 22.9 Å². The minimum atomic E-state index is 0.0104. The number of methoxy groups -OCH3 is 1. The van der Waals surface area contributed by atoms with Crippen molar-refractivity contribution in [3.63, 3.8) is 0 Å².